The van der Waals surface area contributed by atoms with E-state index >= 15 is 0 Å². The number of aromatic nitrogens is 2. The van der Waals surface area contributed by atoms with Gasteiger partial charge in [0.05, 0.1) is 16.7 Å². The lowest BCUT2D eigenvalue weighted by Gasteiger charge is -2.11. The second kappa shape index (κ2) is 6.67. The van der Waals surface area contributed by atoms with Crippen LogP contribution in [0.3, 0.4) is 0 Å². The molecule has 1 aliphatic heterocycles. The number of nitrogens with one attached hydrogen (secondary N) is 2. The van der Waals surface area contributed by atoms with Crippen molar-refractivity contribution in [3.8, 4) is 5.88 Å². The van der Waals surface area contributed by atoms with Crippen LogP contribution in [0.5, 0.6) is 5.88 Å². The van der Waals surface area contributed by atoms with Gasteiger partial charge in [-0.3, -0.25) is 24.5 Å². The quantitative estimate of drug-likeness (QED) is 0.410. The molecule has 1 atom stereocenters. The van der Waals surface area contributed by atoms with Crippen molar-refractivity contribution in [3.05, 3.63) is 79.0 Å². The molecule has 3 rings (SSSR count). The van der Waals surface area contributed by atoms with Crippen molar-refractivity contribution < 1.29 is 10.0 Å². The van der Waals surface area contributed by atoms with E-state index in [1.54, 1.807) is 12.1 Å². The van der Waals surface area contributed by atoms with Crippen LogP contribution in [0.2, 0.25) is 0 Å². The maximum Gasteiger partial charge on any atom is 0.331 e. The van der Waals surface area contributed by atoms with Gasteiger partial charge in [0.15, 0.2) is 0 Å². The molecule has 0 radical (unpaired) electrons. The molecule has 10 heteroatoms. The highest BCUT2D eigenvalue weighted by atomic mass is 16.6. The number of H-pyrrole nitrogens is 1. The number of rotatable bonds is 5. The number of hydrazone groups is 1. The molecule has 0 bridgehead atoms. The molecular formula is C16H15N5O5. The predicted molar refractivity (Wildman–Crippen MR) is 93.3 cm³/mol. The molecule has 0 fully saturated rings. The summed E-state index contributed by atoms with van der Waals surface area (Å²) in [7, 11) is 0. The summed E-state index contributed by atoms with van der Waals surface area (Å²) < 4.78 is 0.978. The van der Waals surface area contributed by atoms with E-state index in [4.69, 9.17) is 0 Å². The molecule has 3 N–H and O–H groups in total. The van der Waals surface area contributed by atoms with Gasteiger partial charge in [-0.15, -0.1) is 6.58 Å². The van der Waals surface area contributed by atoms with Crippen molar-refractivity contribution in [2.75, 3.05) is 0 Å². The van der Waals surface area contributed by atoms with Crippen molar-refractivity contribution >= 4 is 11.4 Å². The number of nitrogens with zero attached hydrogens (tertiary/aromatic N) is 3. The minimum Gasteiger partial charge on any atom is -0.494 e. The van der Waals surface area contributed by atoms with Crippen LogP contribution in [0.4, 0.5) is 5.69 Å². The first-order valence-corrected chi connectivity index (χ1v) is 7.66. The monoisotopic (exact) mass is 357 g/mol. The Kier molecular flexibility index (Phi) is 4.40. The molecule has 0 amide bonds. The number of benzene rings is 1. The molecule has 1 aromatic heterocycles. The topological polar surface area (TPSA) is 143 Å². The molecule has 0 unspecified atom stereocenters. The number of allylic oxidation sites excluding steroid dienone is 1. The van der Waals surface area contributed by atoms with Crippen LogP contribution in [-0.4, -0.2) is 25.3 Å². The van der Waals surface area contributed by atoms with Gasteiger partial charge in [0.2, 0.25) is 5.88 Å². The van der Waals surface area contributed by atoms with E-state index in [1.807, 2.05) is 0 Å². The zero-order valence-corrected chi connectivity index (χ0v) is 13.5. The van der Waals surface area contributed by atoms with Gasteiger partial charge in [-0.1, -0.05) is 18.2 Å². The van der Waals surface area contributed by atoms with Gasteiger partial charge in [0, 0.05) is 25.1 Å². The van der Waals surface area contributed by atoms with E-state index in [9.17, 15) is 24.8 Å². The van der Waals surface area contributed by atoms with Crippen LogP contribution in [-0.2, 0) is 6.54 Å². The molecular weight excluding hydrogens is 342 g/mol. The molecule has 0 spiro atoms. The Morgan fingerprint density at radius 1 is 1.38 bits per heavy atom. The lowest BCUT2D eigenvalue weighted by Crippen LogP contribution is -2.33. The third kappa shape index (κ3) is 2.99. The van der Waals surface area contributed by atoms with Crippen LogP contribution < -0.4 is 16.7 Å². The number of aromatic amines is 1. The van der Waals surface area contributed by atoms with Crippen LogP contribution in [0, 0.1) is 10.1 Å². The maximum atomic E-state index is 12.1. The summed E-state index contributed by atoms with van der Waals surface area (Å²) in [4.78, 5) is 36.3. The number of nitro benzene ring substituents is 1. The highest BCUT2D eigenvalue weighted by Crippen LogP contribution is 2.27. The molecule has 0 aliphatic carbocycles. The number of nitro groups is 1. The second-order valence-corrected chi connectivity index (χ2v) is 5.65. The van der Waals surface area contributed by atoms with Gasteiger partial charge in [-0.05, 0) is 5.56 Å². The highest BCUT2D eigenvalue weighted by Gasteiger charge is 2.27. The first-order valence-electron chi connectivity index (χ1n) is 7.66. The molecule has 1 aromatic carbocycles. The minimum absolute atomic E-state index is 0.0287. The first kappa shape index (κ1) is 17.1. The summed E-state index contributed by atoms with van der Waals surface area (Å²) in [5.41, 5.74) is 2.26. The number of aromatic hydroxyl groups is 1. The van der Waals surface area contributed by atoms with Gasteiger partial charge < -0.3 is 10.5 Å². The standard InChI is InChI=1S/C16H15N5O5/c1-2-7-20-15(23)13(14(22)17-16(20)24)12-8-11(18-19-12)9-3-5-10(6-4-9)21(25)26/h2-6,11,18,23H,1,7-8H2,(H,17,22,24)/t11-/m1/s1. The van der Waals surface area contributed by atoms with Crippen LogP contribution in [0.1, 0.15) is 23.6 Å². The van der Waals surface area contributed by atoms with Crippen LogP contribution >= 0.6 is 0 Å². The summed E-state index contributed by atoms with van der Waals surface area (Å²) in [6, 6.07) is 5.63. The summed E-state index contributed by atoms with van der Waals surface area (Å²) in [5.74, 6) is -0.483. The molecule has 0 saturated heterocycles. The first-order chi connectivity index (χ1) is 12.4. The van der Waals surface area contributed by atoms with Crippen LogP contribution in [0.15, 0.2) is 51.6 Å². The molecule has 10 nitrogen and oxygen atoms in total. The summed E-state index contributed by atoms with van der Waals surface area (Å²) in [6.45, 7) is 3.53. The van der Waals surface area contributed by atoms with Crippen molar-refractivity contribution in [2.24, 2.45) is 5.10 Å². The minimum atomic E-state index is -0.741. The maximum absolute atomic E-state index is 12.1. The van der Waals surface area contributed by atoms with Gasteiger partial charge in [-0.25, -0.2) is 4.79 Å². The predicted octanol–water partition coefficient (Wildman–Crippen LogP) is 0.775. The van der Waals surface area contributed by atoms with E-state index < -0.39 is 22.1 Å². The van der Waals surface area contributed by atoms with Gasteiger partial charge >= 0.3 is 5.69 Å². The molecule has 0 saturated carbocycles. The van der Waals surface area contributed by atoms with E-state index in [2.05, 4.69) is 22.1 Å². The average molecular weight is 357 g/mol. The fraction of sp³-hybridized carbons (Fsp3) is 0.188. The molecule has 2 heterocycles. The van der Waals surface area contributed by atoms with Crippen molar-refractivity contribution in [1.82, 2.24) is 15.0 Å². The lowest BCUT2D eigenvalue weighted by molar-refractivity contribution is -0.384. The van der Waals surface area contributed by atoms with Crippen molar-refractivity contribution in [2.45, 2.75) is 19.0 Å². The van der Waals surface area contributed by atoms with E-state index in [1.165, 1.54) is 18.2 Å². The zero-order valence-electron chi connectivity index (χ0n) is 13.5. The Hall–Kier alpha value is -3.69. The summed E-state index contributed by atoms with van der Waals surface area (Å²) >= 11 is 0. The summed E-state index contributed by atoms with van der Waals surface area (Å²) in [6.07, 6.45) is 1.68. The van der Waals surface area contributed by atoms with E-state index in [0.29, 0.717) is 0 Å². The van der Waals surface area contributed by atoms with Crippen molar-refractivity contribution in [1.29, 1.82) is 0 Å². The smallest absolute Gasteiger partial charge is 0.331 e. The fourth-order valence-electron chi connectivity index (χ4n) is 2.74. The second-order valence-electron chi connectivity index (χ2n) is 5.65. The third-order valence-electron chi connectivity index (χ3n) is 4.03. The SMILES string of the molecule is C=CCn1c(O)c(C2=NN[C@@H](c3ccc([N+](=O)[O-])cc3)C2)c(=O)[nH]c1=O. The Balaban J connectivity index is 1.90. The molecule has 2 aromatic rings. The molecule has 134 valence electrons. The summed E-state index contributed by atoms with van der Waals surface area (Å²) in [5, 5.41) is 25.1. The Morgan fingerprint density at radius 3 is 2.69 bits per heavy atom. The number of hydrogen-bond acceptors (Lipinski definition) is 7. The zero-order chi connectivity index (χ0) is 18.8. The average Bonchev–Trinajstić information content (AvgIpc) is 3.08. The van der Waals surface area contributed by atoms with Gasteiger partial charge in [-0.2, -0.15) is 5.10 Å². The largest absolute Gasteiger partial charge is 0.494 e. The Morgan fingerprint density at radius 2 is 2.08 bits per heavy atom. The number of non-ortho nitro benzene ring substituents is 1. The van der Waals surface area contributed by atoms with E-state index in [0.717, 1.165) is 10.1 Å². The van der Waals surface area contributed by atoms with Gasteiger partial charge in [0.25, 0.3) is 11.2 Å². The van der Waals surface area contributed by atoms with Crippen LogP contribution in [0.25, 0.3) is 0 Å². The lowest BCUT2D eigenvalue weighted by atomic mass is 10.00. The highest BCUT2D eigenvalue weighted by molar-refractivity contribution is 6.03. The Labute approximate surface area is 146 Å². The normalized spacial score (nSPS) is 16.0. The molecule has 26 heavy (non-hydrogen) atoms. The third-order valence-corrected chi connectivity index (χ3v) is 4.03. The number of hydrogen-bond donors (Lipinski definition) is 3. The van der Waals surface area contributed by atoms with Crippen molar-refractivity contribution in [3.63, 3.8) is 0 Å². The Bertz CT molecular complexity index is 1020. The fourth-order valence-corrected chi connectivity index (χ4v) is 2.74. The van der Waals surface area contributed by atoms with E-state index in [-0.39, 0.29) is 36.0 Å². The molecule has 1 aliphatic rings. The van der Waals surface area contributed by atoms with Gasteiger partial charge in [0.1, 0.15) is 5.56 Å².